The Kier molecular flexibility index (Phi) is 6.27. The fourth-order valence-corrected chi connectivity index (χ4v) is 4.18. The molecule has 0 saturated heterocycles. The molecule has 164 valence electrons. The van der Waals surface area contributed by atoms with Gasteiger partial charge in [-0.2, -0.15) is 0 Å². The normalized spacial score (nSPS) is 11.0. The number of nitrogens with one attached hydrogen (secondary N) is 1. The van der Waals surface area contributed by atoms with E-state index in [9.17, 15) is 9.59 Å². The Hall–Kier alpha value is -3.59. The number of aromatic amines is 1. The summed E-state index contributed by atoms with van der Waals surface area (Å²) in [5, 5.41) is 3.18. The molecule has 0 aliphatic carbocycles. The number of hydrogen-bond donors (Lipinski definition) is 1. The highest BCUT2D eigenvalue weighted by molar-refractivity contribution is 7.99. The standard InChI is InChI=1S/C23H23N5O3S/c1-4-27(17-7-5-6-15(2)12-17)21(30)14-32-23-25-22(16-8-10-18(31-3)11-9-16)24-19-13-20(29)26-28(19)23/h5-13H,4,14H2,1-3H3,(H,26,29). The molecule has 9 heteroatoms. The summed E-state index contributed by atoms with van der Waals surface area (Å²) in [6, 6.07) is 16.6. The summed E-state index contributed by atoms with van der Waals surface area (Å²) in [5.74, 6) is 1.31. The Bertz CT molecular complexity index is 1310. The highest BCUT2D eigenvalue weighted by Gasteiger charge is 2.17. The summed E-state index contributed by atoms with van der Waals surface area (Å²) in [7, 11) is 1.60. The number of benzene rings is 2. The molecule has 1 N–H and O–H groups in total. The van der Waals surface area contributed by atoms with Crippen LogP contribution in [0.5, 0.6) is 5.75 Å². The van der Waals surface area contributed by atoms with Crippen LogP contribution >= 0.6 is 11.8 Å². The lowest BCUT2D eigenvalue weighted by Crippen LogP contribution is -2.32. The molecule has 0 fully saturated rings. The van der Waals surface area contributed by atoms with E-state index < -0.39 is 0 Å². The number of amides is 1. The highest BCUT2D eigenvalue weighted by Crippen LogP contribution is 2.24. The molecule has 0 aliphatic heterocycles. The summed E-state index contributed by atoms with van der Waals surface area (Å²) < 4.78 is 6.72. The van der Waals surface area contributed by atoms with E-state index in [0.717, 1.165) is 22.6 Å². The van der Waals surface area contributed by atoms with Gasteiger partial charge >= 0.3 is 0 Å². The van der Waals surface area contributed by atoms with E-state index in [0.29, 0.717) is 23.2 Å². The third-order valence-electron chi connectivity index (χ3n) is 4.93. The van der Waals surface area contributed by atoms with Gasteiger partial charge in [0.1, 0.15) is 5.75 Å². The number of H-pyrrole nitrogens is 1. The quantitative estimate of drug-likeness (QED) is 0.434. The first kappa shape index (κ1) is 21.6. The zero-order chi connectivity index (χ0) is 22.7. The van der Waals surface area contributed by atoms with Crippen LogP contribution in [-0.2, 0) is 4.79 Å². The van der Waals surface area contributed by atoms with Gasteiger partial charge in [0.05, 0.1) is 12.9 Å². The predicted octanol–water partition coefficient (Wildman–Crippen LogP) is 3.55. The van der Waals surface area contributed by atoms with Crippen LogP contribution in [0.4, 0.5) is 5.69 Å². The molecule has 0 unspecified atom stereocenters. The van der Waals surface area contributed by atoms with Gasteiger partial charge < -0.3 is 9.64 Å². The van der Waals surface area contributed by atoms with Gasteiger partial charge in [-0.3, -0.25) is 14.7 Å². The number of rotatable bonds is 7. The van der Waals surface area contributed by atoms with Crippen molar-refractivity contribution in [3.8, 4) is 17.1 Å². The van der Waals surface area contributed by atoms with Gasteiger partial charge in [0, 0.05) is 23.9 Å². The fraction of sp³-hybridized carbons (Fsp3) is 0.217. The minimum Gasteiger partial charge on any atom is -0.497 e. The Morgan fingerprint density at radius 3 is 2.62 bits per heavy atom. The van der Waals surface area contributed by atoms with Gasteiger partial charge in [-0.05, 0) is 55.8 Å². The lowest BCUT2D eigenvalue weighted by Gasteiger charge is -2.21. The van der Waals surface area contributed by atoms with E-state index in [1.165, 1.54) is 22.3 Å². The predicted molar refractivity (Wildman–Crippen MR) is 126 cm³/mol. The average Bonchev–Trinajstić information content (AvgIpc) is 3.18. The van der Waals surface area contributed by atoms with Gasteiger partial charge in [0.2, 0.25) is 5.91 Å². The van der Waals surface area contributed by atoms with Gasteiger partial charge in [-0.1, -0.05) is 23.9 Å². The molecule has 2 aromatic heterocycles. The smallest absolute Gasteiger partial charge is 0.266 e. The number of thioether (sulfide) groups is 1. The number of ether oxygens (including phenoxy) is 1. The molecule has 2 aromatic carbocycles. The van der Waals surface area contributed by atoms with E-state index in [1.54, 1.807) is 12.0 Å². The van der Waals surface area contributed by atoms with Crippen molar-refractivity contribution < 1.29 is 9.53 Å². The van der Waals surface area contributed by atoms with Crippen molar-refractivity contribution in [3.05, 3.63) is 70.5 Å². The van der Waals surface area contributed by atoms with Crippen LogP contribution in [0, 0.1) is 6.92 Å². The van der Waals surface area contributed by atoms with Crippen LogP contribution in [0.25, 0.3) is 17.0 Å². The second-order valence-corrected chi connectivity index (χ2v) is 8.08. The maximum Gasteiger partial charge on any atom is 0.266 e. The summed E-state index contributed by atoms with van der Waals surface area (Å²) in [6.45, 7) is 4.50. The van der Waals surface area contributed by atoms with Gasteiger partial charge in [0.15, 0.2) is 16.6 Å². The number of anilines is 1. The van der Waals surface area contributed by atoms with E-state index in [-0.39, 0.29) is 17.2 Å². The Morgan fingerprint density at radius 2 is 1.94 bits per heavy atom. The minimum atomic E-state index is -0.283. The molecule has 0 atom stereocenters. The van der Waals surface area contributed by atoms with Crippen LogP contribution < -0.4 is 15.2 Å². The van der Waals surface area contributed by atoms with Crippen LogP contribution in [0.1, 0.15) is 12.5 Å². The first-order chi connectivity index (χ1) is 15.5. The third-order valence-corrected chi connectivity index (χ3v) is 5.85. The molecule has 0 spiro atoms. The fourth-order valence-electron chi connectivity index (χ4n) is 3.35. The minimum absolute atomic E-state index is 0.0460. The third kappa shape index (κ3) is 4.52. The Morgan fingerprint density at radius 1 is 1.16 bits per heavy atom. The van der Waals surface area contributed by atoms with E-state index in [1.807, 2.05) is 62.4 Å². The van der Waals surface area contributed by atoms with Crippen LogP contribution in [0.15, 0.2) is 64.5 Å². The lowest BCUT2D eigenvalue weighted by atomic mass is 10.2. The van der Waals surface area contributed by atoms with Crippen molar-refractivity contribution >= 4 is 29.0 Å². The number of aryl methyl sites for hydroxylation is 1. The molecule has 4 aromatic rings. The van der Waals surface area contributed by atoms with Crippen molar-refractivity contribution in [2.75, 3.05) is 24.3 Å². The summed E-state index contributed by atoms with van der Waals surface area (Å²) >= 11 is 1.26. The molecule has 1 amide bonds. The number of carbonyl (C=O) groups excluding carboxylic acids is 1. The van der Waals surface area contributed by atoms with E-state index in [2.05, 4.69) is 15.1 Å². The van der Waals surface area contributed by atoms with Crippen LogP contribution in [0.3, 0.4) is 0 Å². The molecule has 4 rings (SSSR count). The van der Waals surface area contributed by atoms with Crippen molar-refractivity contribution in [3.63, 3.8) is 0 Å². The van der Waals surface area contributed by atoms with E-state index >= 15 is 0 Å². The lowest BCUT2D eigenvalue weighted by molar-refractivity contribution is -0.116. The molecular formula is C23H23N5O3S. The molecule has 2 heterocycles. The molecular weight excluding hydrogens is 426 g/mol. The largest absolute Gasteiger partial charge is 0.497 e. The number of aromatic nitrogens is 4. The van der Waals surface area contributed by atoms with Crippen molar-refractivity contribution in [1.82, 2.24) is 19.6 Å². The SMILES string of the molecule is CCN(C(=O)CSc1nc(-c2ccc(OC)cc2)nc2cc(=O)[nH]n12)c1cccc(C)c1. The second-order valence-electron chi connectivity index (χ2n) is 7.14. The van der Waals surface area contributed by atoms with E-state index in [4.69, 9.17) is 4.74 Å². The zero-order valence-electron chi connectivity index (χ0n) is 18.0. The van der Waals surface area contributed by atoms with Crippen LogP contribution in [-0.4, -0.2) is 44.9 Å². The first-order valence-electron chi connectivity index (χ1n) is 10.1. The number of hydrogen-bond acceptors (Lipinski definition) is 6. The number of carbonyl (C=O) groups is 1. The Balaban J connectivity index is 1.62. The summed E-state index contributed by atoms with van der Waals surface area (Å²) in [5.41, 5.74) is 2.89. The number of nitrogens with zero attached hydrogens (tertiary/aromatic N) is 4. The number of fused-ring (bicyclic) bond motifs is 1. The number of methoxy groups -OCH3 is 1. The molecule has 0 saturated carbocycles. The Labute approximate surface area is 189 Å². The first-order valence-corrected chi connectivity index (χ1v) is 11.1. The van der Waals surface area contributed by atoms with Crippen molar-refractivity contribution in [2.24, 2.45) is 0 Å². The van der Waals surface area contributed by atoms with Crippen molar-refractivity contribution in [1.29, 1.82) is 0 Å². The average molecular weight is 450 g/mol. The monoisotopic (exact) mass is 449 g/mol. The molecule has 0 bridgehead atoms. The highest BCUT2D eigenvalue weighted by atomic mass is 32.2. The maximum absolute atomic E-state index is 13.0. The molecule has 0 aliphatic rings. The van der Waals surface area contributed by atoms with Gasteiger partial charge in [-0.25, -0.2) is 14.5 Å². The zero-order valence-corrected chi connectivity index (χ0v) is 18.8. The van der Waals surface area contributed by atoms with Crippen molar-refractivity contribution in [2.45, 2.75) is 19.0 Å². The molecule has 8 nitrogen and oxygen atoms in total. The topological polar surface area (TPSA) is 92.6 Å². The molecule has 0 radical (unpaired) electrons. The van der Waals surface area contributed by atoms with Crippen LogP contribution in [0.2, 0.25) is 0 Å². The molecule has 32 heavy (non-hydrogen) atoms. The maximum atomic E-state index is 13.0. The second kappa shape index (κ2) is 9.27. The summed E-state index contributed by atoms with van der Waals surface area (Å²) in [4.78, 5) is 35.8. The van der Waals surface area contributed by atoms with Gasteiger partial charge in [0.25, 0.3) is 5.56 Å². The van der Waals surface area contributed by atoms with Gasteiger partial charge in [-0.15, -0.1) is 0 Å². The summed E-state index contributed by atoms with van der Waals surface area (Å²) in [6.07, 6.45) is 0.